The van der Waals surface area contributed by atoms with Gasteiger partial charge in [-0.15, -0.1) is 0 Å². The maximum atomic E-state index is 3.61. The Labute approximate surface area is 118 Å². The lowest BCUT2D eigenvalue weighted by Crippen LogP contribution is -2.44. The Morgan fingerprint density at radius 3 is 2.72 bits per heavy atom. The molecule has 18 heavy (non-hydrogen) atoms. The Morgan fingerprint density at radius 2 is 2.00 bits per heavy atom. The van der Waals surface area contributed by atoms with Crippen molar-refractivity contribution < 1.29 is 0 Å². The van der Waals surface area contributed by atoms with E-state index in [-0.39, 0.29) is 0 Å². The molecule has 2 rings (SSSR count). The predicted molar refractivity (Wildman–Crippen MR) is 81.3 cm³/mol. The molecular weight excluding hydrogens is 290 g/mol. The van der Waals surface area contributed by atoms with Crippen LogP contribution in [-0.4, -0.2) is 51.2 Å². The van der Waals surface area contributed by atoms with Crippen LogP contribution < -0.4 is 10.2 Å². The van der Waals surface area contributed by atoms with Crippen molar-refractivity contribution in [3.63, 3.8) is 0 Å². The Hall–Kier alpha value is -0.580. The highest BCUT2D eigenvalue weighted by Gasteiger charge is 2.10. The second kappa shape index (κ2) is 7.12. The van der Waals surface area contributed by atoms with Crippen LogP contribution >= 0.6 is 15.9 Å². The van der Waals surface area contributed by atoms with Gasteiger partial charge in [-0.1, -0.05) is 12.1 Å². The van der Waals surface area contributed by atoms with Crippen molar-refractivity contribution in [2.45, 2.75) is 6.42 Å². The molecule has 0 spiro atoms. The maximum absolute atomic E-state index is 3.61. The summed E-state index contributed by atoms with van der Waals surface area (Å²) in [6.45, 7) is 6.97. The second-order valence-corrected chi connectivity index (χ2v) is 5.67. The molecule has 0 aromatic heterocycles. The van der Waals surface area contributed by atoms with Gasteiger partial charge in [-0.2, -0.15) is 0 Å². The number of hydrogen-bond acceptors (Lipinski definition) is 3. The predicted octanol–water partition coefficient (Wildman–Crippen LogP) is 2.18. The first-order valence-corrected chi connectivity index (χ1v) is 7.45. The summed E-state index contributed by atoms with van der Waals surface area (Å²) >= 11 is 3.61. The number of para-hydroxylation sites is 1. The van der Waals surface area contributed by atoms with Gasteiger partial charge >= 0.3 is 0 Å². The summed E-state index contributed by atoms with van der Waals surface area (Å²) in [5.74, 6) is 0. The van der Waals surface area contributed by atoms with Crippen LogP contribution in [0.3, 0.4) is 0 Å². The number of nitrogens with zero attached hydrogens (tertiary/aromatic N) is 2. The van der Waals surface area contributed by atoms with Crippen LogP contribution in [0.4, 0.5) is 5.69 Å². The van der Waals surface area contributed by atoms with E-state index in [1.807, 2.05) is 0 Å². The highest BCUT2D eigenvalue weighted by atomic mass is 79.9. The van der Waals surface area contributed by atoms with Gasteiger partial charge in [0, 0.05) is 44.2 Å². The first-order chi connectivity index (χ1) is 8.77. The minimum Gasteiger partial charge on any atom is -0.374 e. The summed E-state index contributed by atoms with van der Waals surface area (Å²) in [5, 5.41) is 3.39. The van der Waals surface area contributed by atoms with Gasteiger partial charge in [0.05, 0.1) is 5.69 Å². The molecule has 1 fully saturated rings. The van der Waals surface area contributed by atoms with Crippen molar-refractivity contribution in [3.8, 4) is 0 Å². The highest BCUT2D eigenvalue weighted by molar-refractivity contribution is 9.10. The fourth-order valence-corrected chi connectivity index (χ4v) is 2.94. The molecule has 1 heterocycles. The molecule has 0 aliphatic carbocycles. The SMILES string of the molecule is CN(CCCN1CCNCC1)c1ccccc1Br. The molecule has 100 valence electrons. The molecule has 3 nitrogen and oxygen atoms in total. The minimum absolute atomic E-state index is 1.10. The lowest BCUT2D eigenvalue weighted by Gasteiger charge is -2.28. The van der Waals surface area contributed by atoms with Crippen LogP contribution in [-0.2, 0) is 0 Å². The molecule has 0 radical (unpaired) electrons. The number of hydrogen-bond donors (Lipinski definition) is 1. The molecule has 0 unspecified atom stereocenters. The molecule has 1 aromatic rings. The van der Waals surface area contributed by atoms with Crippen LogP contribution in [0.25, 0.3) is 0 Å². The van der Waals surface area contributed by atoms with E-state index >= 15 is 0 Å². The molecule has 1 aromatic carbocycles. The zero-order valence-corrected chi connectivity index (χ0v) is 12.6. The molecule has 1 N–H and O–H groups in total. The number of piperazine rings is 1. The van der Waals surface area contributed by atoms with E-state index in [1.54, 1.807) is 0 Å². The van der Waals surface area contributed by atoms with Crippen LogP contribution in [0.2, 0.25) is 0 Å². The molecule has 0 amide bonds. The molecular formula is C14H22BrN3. The van der Waals surface area contributed by atoms with Gasteiger partial charge in [-0.25, -0.2) is 0 Å². The van der Waals surface area contributed by atoms with Crippen molar-refractivity contribution in [2.75, 3.05) is 51.2 Å². The highest BCUT2D eigenvalue weighted by Crippen LogP contribution is 2.24. The largest absolute Gasteiger partial charge is 0.374 e. The van der Waals surface area contributed by atoms with Gasteiger partial charge in [-0.05, 0) is 41.0 Å². The third-order valence-electron chi connectivity index (χ3n) is 3.44. The third-order valence-corrected chi connectivity index (χ3v) is 4.11. The van der Waals surface area contributed by atoms with E-state index in [9.17, 15) is 0 Å². The smallest absolute Gasteiger partial charge is 0.0508 e. The monoisotopic (exact) mass is 311 g/mol. The fourth-order valence-electron chi connectivity index (χ4n) is 2.35. The fraction of sp³-hybridized carbons (Fsp3) is 0.571. The zero-order valence-electron chi connectivity index (χ0n) is 11.0. The number of rotatable bonds is 5. The summed E-state index contributed by atoms with van der Waals surface area (Å²) in [5.41, 5.74) is 1.28. The Balaban J connectivity index is 1.74. The summed E-state index contributed by atoms with van der Waals surface area (Å²) in [6.07, 6.45) is 1.22. The first kappa shape index (κ1) is 13.8. The van der Waals surface area contributed by atoms with Gasteiger partial charge in [0.15, 0.2) is 0 Å². The van der Waals surface area contributed by atoms with Crippen LogP contribution in [0, 0.1) is 0 Å². The lowest BCUT2D eigenvalue weighted by atomic mass is 10.2. The quantitative estimate of drug-likeness (QED) is 0.899. The normalized spacial score (nSPS) is 16.8. The molecule has 0 saturated carbocycles. The summed E-state index contributed by atoms with van der Waals surface area (Å²) in [4.78, 5) is 4.87. The molecule has 0 bridgehead atoms. The van der Waals surface area contributed by atoms with Gasteiger partial charge in [0.1, 0.15) is 0 Å². The van der Waals surface area contributed by atoms with E-state index in [0.29, 0.717) is 0 Å². The standard InChI is InChI=1S/C14H22BrN3/c1-17(14-6-3-2-5-13(14)15)9-4-10-18-11-7-16-8-12-18/h2-3,5-6,16H,4,7-12H2,1H3. The van der Waals surface area contributed by atoms with E-state index < -0.39 is 0 Å². The Morgan fingerprint density at radius 1 is 1.28 bits per heavy atom. The number of benzene rings is 1. The average molecular weight is 312 g/mol. The maximum Gasteiger partial charge on any atom is 0.0508 e. The first-order valence-electron chi connectivity index (χ1n) is 6.66. The van der Waals surface area contributed by atoms with Crippen molar-refractivity contribution in [1.82, 2.24) is 10.2 Å². The topological polar surface area (TPSA) is 18.5 Å². The molecule has 1 aliphatic rings. The van der Waals surface area contributed by atoms with Gasteiger partial charge in [0.25, 0.3) is 0 Å². The zero-order chi connectivity index (χ0) is 12.8. The van der Waals surface area contributed by atoms with E-state index in [2.05, 4.69) is 62.4 Å². The average Bonchev–Trinajstić information content (AvgIpc) is 2.40. The van der Waals surface area contributed by atoms with Crippen molar-refractivity contribution >= 4 is 21.6 Å². The van der Waals surface area contributed by atoms with Gasteiger partial charge < -0.3 is 15.1 Å². The van der Waals surface area contributed by atoms with Crippen molar-refractivity contribution in [1.29, 1.82) is 0 Å². The minimum atomic E-state index is 1.10. The van der Waals surface area contributed by atoms with E-state index in [0.717, 1.165) is 19.6 Å². The lowest BCUT2D eigenvalue weighted by molar-refractivity contribution is 0.239. The summed E-state index contributed by atoms with van der Waals surface area (Å²) < 4.78 is 1.18. The third kappa shape index (κ3) is 3.97. The van der Waals surface area contributed by atoms with Crippen LogP contribution in [0.1, 0.15) is 6.42 Å². The molecule has 1 saturated heterocycles. The Kier molecular flexibility index (Phi) is 5.47. The van der Waals surface area contributed by atoms with Gasteiger partial charge in [0.2, 0.25) is 0 Å². The number of anilines is 1. The van der Waals surface area contributed by atoms with Crippen LogP contribution in [0.5, 0.6) is 0 Å². The van der Waals surface area contributed by atoms with Crippen molar-refractivity contribution in [3.05, 3.63) is 28.7 Å². The van der Waals surface area contributed by atoms with Crippen LogP contribution in [0.15, 0.2) is 28.7 Å². The van der Waals surface area contributed by atoms with E-state index in [1.165, 1.54) is 36.2 Å². The number of halogens is 1. The van der Waals surface area contributed by atoms with Crippen molar-refractivity contribution in [2.24, 2.45) is 0 Å². The van der Waals surface area contributed by atoms with E-state index in [4.69, 9.17) is 0 Å². The summed E-state index contributed by atoms with van der Waals surface area (Å²) in [6, 6.07) is 8.41. The second-order valence-electron chi connectivity index (χ2n) is 4.82. The summed E-state index contributed by atoms with van der Waals surface area (Å²) in [7, 11) is 2.16. The molecule has 0 atom stereocenters. The Bertz CT molecular complexity index is 364. The van der Waals surface area contributed by atoms with Gasteiger partial charge in [-0.3, -0.25) is 0 Å². The molecule has 4 heteroatoms. The molecule has 1 aliphatic heterocycles. The number of nitrogens with one attached hydrogen (secondary N) is 1.